The number of nitrogens with one attached hydrogen (secondary N) is 1. The fourth-order valence-electron chi connectivity index (χ4n) is 3.73. The van der Waals surface area contributed by atoms with Crippen LogP contribution in [0.3, 0.4) is 0 Å². The molecule has 2 heterocycles. The summed E-state index contributed by atoms with van der Waals surface area (Å²) in [5.74, 6) is -0.113. The average Bonchev–Trinajstić information content (AvgIpc) is 3.11. The maximum atomic E-state index is 12.8. The van der Waals surface area contributed by atoms with Crippen LogP contribution in [-0.2, 0) is 24.3 Å². The summed E-state index contributed by atoms with van der Waals surface area (Å²) in [7, 11) is 0. The van der Waals surface area contributed by atoms with Crippen molar-refractivity contribution in [2.45, 2.75) is 38.8 Å². The van der Waals surface area contributed by atoms with Crippen LogP contribution < -0.4 is 5.32 Å². The van der Waals surface area contributed by atoms with Gasteiger partial charge in [-0.05, 0) is 17.5 Å². The van der Waals surface area contributed by atoms with Gasteiger partial charge in [0.1, 0.15) is 0 Å². The Kier molecular flexibility index (Phi) is 5.84. The third-order valence-electron chi connectivity index (χ3n) is 5.22. The number of carbonyl (C=O) groups excluding carboxylic acids is 1. The Morgan fingerprint density at radius 3 is 2.57 bits per heavy atom. The van der Waals surface area contributed by atoms with E-state index in [1.54, 1.807) is 11.3 Å². The van der Waals surface area contributed by atoms with Crippen LogP contribution in [0, 0.1) is 0 Å². The van der Waals surface area contributed by atoms with Crippen LogP contribution in [0.25, 0.3) is 0 Å². The molecular weight excluding hydrogens is 366 g/mol. The van der Waals surface area contributed by atoms with E-state index in [4.69, 9.17) is 4.98 Å². The second-order valence-corrected chi connectivity index (χ2v) is 8.28. The van der Waals surface area contributed by atoms with Crippen molar-refractivity contribution in [1.29, 1.82) is 0 Å². The van der Waals surface area contributed by atoms with Gasteiger partial charge in [-0.25, -0.2) is 4.98 Å². The quantitative estimate of drug-likeness (QED) is 0.654. The standard InChI is InChI=1S/C23H25N3OS/c1-2-19(18-11-7-4-8-12-18)22(27)25-23-24-20-13-14-26(16-21(20)28-23)15-17-9-5-3-6-10-17/h3-12,19H,2,13-16H2,1H3,(H,24,25,27). The molecule has 144 valence electrons. The molecule has 28 heavy (non-hydrogen) atoms. The highest BCUT2D eigenvalue weighted by Crippen LogP contribution is 2.30. The van der Waals surface area contributed by atoms with E-state index in [-0.39, 0.29) is 11.8 Å². The summed E-state index contributed by atoms with van der Waals surface area (Å²) in [6, 6.07) is 20.5. The van der Waals surface area contributed by atoms with Crippen LogP contribution in [0.15, 0.2) is 60.7 Å². The highest BCUT2D eigenvalue weighted by molar-refractivity contribution is 7.15. The molecule has 1 atom stereocenters. The molecule has 1 aromatic heterocycles. The van der Waals surface area contributed by atoms with Gasteiger partial charge in [0.2, 0.25) is 5.91 Å². The van der Waals surface area contributed by atoms with Crippen molar-refractivity contribution in [3.05, 3.63) is 82.4 Å². The number of hydrogen-bond donors (Lipinski definition) is 1. The Hall–Kier alpha value is -2.50. The number of carbonyl (C=O) groups is 1. The first-order chi connectivity index (χ1) is 13.7. The molecule has 0 spiro atoms. The molecule has 2 aromatic carbocycles. The molecule has 3 aromatic rings. The number of fused-ring (bicyclic) bond motifs is 1. The number of nitrogens with zero attached hydrogens (tertiary/aromatic N) is 2. The molecule has 0 aliphatic carbocycles. The van der Waals surface area contributed by atoms with Gasteiger partial charge in [-0.1, -0.05) is 67.6 Å². The summed E-state index contributed by atoms with van der Waals surface area (Å²) in [4.78, 5) is 21.2. The highest BCUT2D eigenvalue weighted by Gasteiger charge is 2.24. The minimum atomic E-state index is -0.142. The Balaban J connectivity index is 1.42. The molecule has 1 aliphatic rings. The molecule has 0 saturated heterocycles. The first-order valence-corrected chi connectivity index (χ1v) is 10.6. The molecule has 5 heteroatoms. The van der Waals surface area contributed by atoms with Gasteiger partial charge < -0.3 is 5.32 Å². The van der Waals surface area contributed by atoms with Crippen molar-refractivity contribution in [1.82, 2.24) is 9.88 Å². The van der Waals surface area contributed by atoms with E-state index in [9.17, 15) is 4.79 Å². The van der Waals surface area contributed by atoms with Crippen molar-refractivity contribution < 1.29 is 4.79 Å². The molecule has 1 N–H and O–H groups in total. The number of thiazole rings is 1. The smallest absolute Gasteiger partial charge is 0.233 e. The van der Waals surface area contributed by atoms with Gasteiger partial charge in [0.25, 0.3) is 0 Å². The zero-order chi connectivity index (χ0) is 19.3. The normalized spacial score (nSPS) is 15.0. The number of benzene rings is 2. The van der Waals surface area contributed by atoms with Crippen molar-refractivity contribution in [3.63, 3.8) is 0 Å². The lowest BCUT2D eigenvalue weighted by Gasteiger charge is -2.25. The Bertz CT molecular complexity index is 924. The molecule has 4 rings (SSSR count). The van der Waals surface area contributed by atoms with Crippen molar-refractivity contribution in [3.8, 4) is 0 Å². The lowest BCUT2D eigenvalue weighted by molar-refractivity contribution is -0.117. The summed E-state index contributed by atoms with van der Waals surface area (Å²) in [6.07, 6.45) is 1.70. The second-order valence-electron chi connectivity index (χ2n) is 7.20. The van der Waals surface area contributed by atoms with E-state index >= 15 is 0 Å². The molecule has 0 radical (unpaired) electrons. The molecule has 4 nitrogen and oxygen atoms in total. The molecule has 1 unspecified atom stereocenters. The third kappa shape index (κ3) is 4.32. The minimum Gasteiger partial charge on any atom is -0.301 e. The first kappa shape index (κ1) is 18.8. The van der Waals surface area contributed by atoms with Crippen LogP contribution in [0.5, 0.6) is 0 Å². The molecular formula is C23H25N3OS. The van der Waals surface area contributed by atoms with Gasteiger partial charge in [0.15, 0.2) is 5.13 Å². The van der Waals surface area contributed by atoms with Crippen molar-refractivity contribution >= 4 is 22.4 Å². The Morgan fingerprint density at radius 1 is 1.14 bits per heavy atom. The highest BCUT2D eigenvalue weighted by atomic mass is 32.1. The fraction of sp³-hybridized carbons (Fsp3) is 0.304. The van der Waals surface area contributed by atoms with Crippen LogP contribution in [0.4, 0.5) is 5.13 Å². The molecule has 0 fully saturated rings. The molecule has 1 aliphatic heterocycles. The number of rotatable bonds is 6. The van der Waals surface area contributed by atoms with E-state index in [1.165, 1.54) is 10.4 Å². The number of hydrogen-bond acceptors (Lipinski definition) is 4. The summed E-state index contributed by atoms with van der Waals surface area (Å²) < 4.78 is 0. The van der Waals surface area contributed by atoms with Gasteiger partial charge in [-0.15, -0.1) is 11.3 Å². The fourth-order valence-corrected chi connectivity index (χ4v) is 4.78. The first-order valence-electron chi connectivity index (χ1n) is 9.83. The summed E-state index contributed by atoms with van der Waals surface area (Å²) in [5, 5.41) is 3.79. The van der Waals surface area contributed by atoms with E-state index in [2.05, 4.69) is 40.5 Å². The van der Waals surface area contributed by atoms with E-state index in [0.29, 0.717) is 0 Å². The lowest BCUT2D eigenvalue weighted by Crippen LogP contribution is -2.29. The molecule has 0 saturated carbocycles. The monoisotopic (exact) mass is 391 g/mol. The van der Waals surface area contributed by atoms with Crippen LogP contribution in [0.1, 0.15) is 41.0 Å². The maximum Gasteiger partial charge on any atom is 0.233 e. The predicted octanol–water partition coefficient (Wildman–Crippen LogP) is 4.83. The molecule has 1 amide bonds. The maximum absolute atomic E-state index is 12.8. The van der Waals surface area contributed by atoms with Crippen molar-refractivity contribution in [2.75, 3.05) is 11.9 Å². The van der Waals surface area contributed by atoms with Gasteiger partial charge in [0.05, 0.1) is 11.6 Å². The van der Waals surface area contributed by atoms with Gasteiger partial charge in [-0.3, -0.25) is 9.69 Å². The van der Waals surface area contributed by atoms with Crippen LogP contribution in [-0.4, -0.2) is 22.3 Å². The number of amides is 1. The van der Waals surface area contributed by atoms with Crippen molar-refractivity contribution in [2.24, 2.45) is 0 Å². The zero-order valence-corrected chi connectivity index (χ0v) is 16.9. The third-order valence-corrected chi connectivity index (χ3v) is 6.21. The largest absolute Gasteiger partial charge is 0.301 e. The van der Waals surface area contributed by atoms with Gasteiger partial charge in [0, 0.05) is 30.9 Å². The van der Waals surface area contributed by atoms with E-state index < -0.39 is 0 Å². The minimum absolute atomic E-state index is 0.0286. The second kappa shape index (κ2) is 8.67. The van der Waals surface area contributed by atoms with Crippen LogP contribution >= 0.6 is 11.3 Å². The predicted molar refractivity (Wildman–Crippen MR) is 114 cm³/mol. The Labute approximate surface area is 170 Å². The number of aromatic nitrogens is 1. The lowest BCUT2D eigenvalue weighted by atomic mass is 9.96. The van der Waals surface area contributed by atoms with Crippen LogP contribution in [0.2, 0.25) is 0 Å². The van der Waals surface area contributed by atoms with Gasteiger partial charge >= 0.3 is 0 Å². The van der Waals surface area contributed by atoms with E-state index in [1.807, 2.05) is 37.3 Å². The molecule has 0 bridgehead atoms. The number of anilines is 1. The van der Waals surface area contributed by atoms with Gasteiger partial charge in [-0.2, -0.15) is 0 Å². The summed E-state index contributed by atoms with van der Waals surface area (Å²) in [6.45, 7) is 4.89. The zero-order valence-electron chi connectivity index (χ0n) is 16.1. The Morgan fingerprint density at radius 2 is 1.86 bits per heavy atom. The summed E-state index contributed by atoms with van der Waals surface area (Å²) in [5.41, 5.74) is 3.52. The topological polar surface area (TPSA) is 45.2 Å². The average molecular weight is 392 g/mol. The van der Waals surface area contributed by atoms with E-state index in [0.717, 1.165) is 48.9 Å². The summed E-state index contributed by atoms with van der Waals surface area (Å²) >= 11 is 1.62. The SMILES string of the molecule is CCC(C(=O)Nc1nc2c(s1)CN(Cc1ccccc1)CC2)c1ccccc1.